The van der Waals surface area contributed by atoms with Crippen LogP contribution in [0.3, 0.4) is 0 Å². The highest BCUT2D eigenvalue weighted by Crippen LogP contribution is 2.35. The molecular weight excluding hydrogens is 370 g/mol. The molecule has 0 amide bonds. The Labute approximate surface area is 143 Å². The summed E-state index contributed by atoms with van der Waals surface area (Å²) in [6, 6.07) is 6.87. The molecule has 1 N–H and O–H groups in total. The van der Waals surface area contributed by atoms with Crippen LogP contribution in [0.5, 0.6) is 0 Å². The minimum absolute atomic E-state index is 0.192. The fraction of sp³-hybridized carbons (Fsp3) is 0.0714. The van der Waals surface area contributed by atoms with Crippen molar-refractivity contribution in [3.05, 3.63) is 67.7 Å². The molecule has 2 aromatic rings. The van der Waals surface area contributed by atoms with Gasteiger partial charge in [0.15, 0.2) is 0 Å². The number of hydrazone groups is 1. The number of alkyl halides is 3. The van der Waals surface area contributed by atoms with E-state index in [0.29, 0.717) is 16.7 Å². The first-order chi connectivity index (χ1) is 11.2. The first-order valence-electron chi connectivity index (χ1n) is 6.29. The summed E-state index contributed by atoms with van der Waals surface area (Å²) in [5, 5.41) is 15.2. The van der Waals surface area contributed by atoms with Crippen LogP contribution in [0, 0.1) is 10.1 Å². The lowest BCUT2D eigenvalue weighted by atomic mass is 10.1. The van der Waals surface area contributed by atoms with Crippen molar-refractivity contribution in [2.75, 3.05) is 5.43 Å². The zero-order valence-corrected chi connectivity index (χ0v) is 13.2. The van der Waals surface area contributed by atoms with Gasteiger partial charge in [0.1, 0.15) is 5.69 Å². The lowest BCUT2D eigenvalue weighted by Gasteiger charge is -2.08. The summed E-state index contributed by atoms with van der Waals surface area (Å²) in [5.74, 6) is 0. The van der Waals surface area contributed by atoms with E-state index < -0.39 is 22.4 Å². The van der Waals surface area contributed by atoms with Gasteiger partial charge in [-0.2, -0.15) is 18.3 Å². The smallest absolute Gasteiger partial charge is 0.272 e. The van der Waals surface area contributed by atoms with E-state index in [0.717, 1.165) is 12.1 Å². The Morgan fingerprint density at radius 3 is 2.54 bits per heavy atom. The summed E-state index contributed by atoms with van der Waals surface area (Å²) < 4.78 is 37.9. The van der Waals surface area contributed by atoms with Gasteiger partial charge in [0.05, 0.1) is 26.7 Å². The second-order valence-electron chi connectivity index (χ2n) is 4.50. The molecule has 0 heterocycles. The average Bonchev–Trinajstić information content (AvgIpc) is 2.50. The molecular formula is C14H8Cl2F3N3O2. The van der Waals surface area contributed by atoms with Gasteiger partial charge < -0.3 is 0 Å². The predicted octanol–water partition coefficient (Wildman–Crippen LogP) is 5.37. The highest BCUT2D eigenvalue weighted by molar-refractivity contribution is 6.43. The number of hydrogen-bond donors (Lipinski definition) is 1. The van der Waals surface area contributed by atoms with E-state index in [4.69, 9.17) is 23.2 Å². The van der Waals surface area contributed by atoms with Gasteiger partial charge in [0.2, 0.25) is 0 Å². The Morgan fingerprint density at radius 1 is 1.21 bits per heavy atom. The lowest BCUT2D eigenvalue weighted by Crippen LogP contribution is -2.06. The van der Waals surface area contributed by atoms with E-state index in [1.165, 1.54) is 6.21 Å². The van der Waals surface area contributed by atoms with Gasteiger partial charge in [0, 0.05) is 11.6 Å². The molecule has 0 radical (unpaired) electrons. The molecule has 10 heteroatoms. The topological polar surface area (TPSA) is 67.5 Å². The Hall–Kier alpha value is -2.32. The number of nitro benzene ring substituents is 1. The Balaban J connectivity index is 2.28. The van der Waals surface area contributed by atoms with Crippen LogP contribution >= 0.6 is 23.2 Å². The maximum atomic E-state index is 12.6. The van der Waals surface area contributed by atoms with Crippen molar-refractivity contribution in [3.8, 4) is 0 Å². The first kappa shape index (κ1) is 18.0. The minimum Gasteiger partial charge on any atom is -0.272 e. The van der Waals surface area contributed by atoms with Crippen LogP contribution in [0.4, 0.5) is 24.5 Å². The van der Waals surface area contributed by atoms with Crippen molar-refractivity contribution in [1.29, 1.82) is 0 Å². The van der Waals surface area contributed by atoms with Gasteiger partial charge in [-0.3, -0.25) is 15.5 Å². The number of nitrogens with one attached hydrogen (secondary N) is 1. The van der Waals surface area contributed by atoms with E-state index in [9.17, 15) is 23.3 Å². The third-order valence-corrected chi connectivity index (χ3v) is 3.73. The van der Waals surface area contributed by atoms with Crippen molar-refractivity contribution in [2.24, 2.45) is 5.10 Å². The average molecular weight is 378 g/mol. The number of hydrogen-bond acceptors (Lipinski definition) is 4. The number of nitrogens with zero attached hydrogens (tertiary/aromatic N) is 2. The van der Waals surface area contributed by atoms with Crippen molar-refractivity contribution < 1.29 is 18.1 Å². The Morgan fingerprint density at radius 2 is 1.92 bits per heavy atom. The molecule has 0 saturated heterocycles. The number of benzene rings is 2. The quantitative estimate of drug-likeness (QED) is 0.442. The van der Waals surface area contributed by atoms with Crippen LogP contribution in [0.25, 0.3) is 0 Å². The molecule has 0 fully saturated rings. The highest BCUT2D eigenvalue weighted by atomic mass is 35.5. The van der Waals surface area contributed by atoms with E-state index in [1.807, 2.05) is 0 Å². The number of anilines is 1. The molecule has 0 aliphatic heterocycles. The lowest BCUT2D eigenvalue weighted by molar-refractivity contribution is -0.384. The molecule has 2 aromatic carbocycles. The number of rotatable bonds is 4. The maximum Gasteiger partial charge on any atom is 0.416 e. The standard InChI is InChI=1S/C14H8Cl2F3N3O2/c15-10-3-1-2-8(13(10)16)7-20-21-11-5-4-9(14(17,18)19)6-12(11)22(23)24/h1-7,21H/b20-7-. The van der Waals surface area contributed by atoms with Crippen LogP contribution in [0.1, 0.15) is 11.1 Å². The molecule has 0 spiro atoms. The van der Waals surface area contributed by atoms with Crippen molar-refractivity contribution in [2.45, 2.75) is 6.18 Å². The summed E-state index contributed by atoms with van der Waals surface area (Å²) in [7, 11) is 0. The van der Waals surface area contributed by atoms with Gasteiger partial charge >= 0.3 is 6.18 Å². The van der Waals surface area contributed by atoms with E-state index >= 15 is 0 Å². The molecule has 126 valence electrons. The molecule has 0 saturated carbocycles. The molecule has 0 aliphatic carbocycles. The molecule has 24 heavy (non-hydrogen) atoms. The van der Waals surface area contributed by atoms with Gasteiger partial charge in [-0.1, -0.05) is 35.3 Å². The third-order valence-electron chi connectivity index (χ3n) is 2.89. The van der Waals surface area contributed by atoms with Crippen LogP contribution in [-0.2, 0) is 6.18 Å². The Bertz CT molecular complexity index is 810. The SMILES string of the molecule is O=[N+]([O-])c1cc(C(F)(F)F)ccc1N/N=C\c1cccc(Cl)c1Cl. The van der Waals surface area contributed by atoms with Gasteiger partial charge in [-0.15, -0.1) is 0 Å². The maximum absolute atomic E-state index is 12.6. The molecule has 0 aliphatic rings. The van der Waals surface area contributed by atoms with Crippen molar-refractivity contribution in [1.82, 2.24) is 0 Å². The highest BCUT2D eigenvalue weighted by Gasteiger charge is 2.33. The van der Waals surface area contributed by atoms with Crippen molar-refractivity contribution >= 4 is 40.8 Å². The van der Waals surface area contributed by atoms with Crippen LogP contribution < -0.4 is 5.43 Å². The molecule has 2 rings (SSSR count). The summed E-state index contributed by atoms with van der Waals surface area (Å²) in [4.78, 5) is 10.0. The van der Waals surface area contributed by atoms with Crippen LogP contribution in [0.2, 0.25) is 10.0 Å². The third kappa shape index (κ3) is 4.15. The Kier molecular flexibility index (Phi) is 5.30. The fourth-order valence-electron chi connectivity index (χ4n) is 1.75. The zero-order valence-electron chi connectivity index (χ0n) is 11.6. The first-order valence-corrected chi connectivity index (χ1v) is 7.04. The van der Waals surface area contributed by atoms with E-state index in [2.05, 4.69) is 10.5 Å². The zero-order chi connectivity index (χ0) is 17.9. The van der Waals surface area contributed by atoms with Gasteiger partial charge in [-0.25, -0.2) is 0 Å². The molecule has 0 unspecified atom stereocenters. The predicted molar refractivity (Wildman–Crippen MR) is 85.8 cm³/mol. The van der Waals surface area contributed by atoms with E-state index in [-0.39, 0.29) is 10.7 Å². The molecule has 5 nitrogen and oxygen atoms in total. The number of halogens is 5. The summed E-state index contributed by atoms with van der Waals surface area (Å²) >= 11 is 11.8. The number of nitro groups is 1. The minimum atomic E-state index is -4.68. The summed E-state index contributed by atoms with van der Waals surface area (Å²) in [5.41, 5.74) is 0.697. The van der Waals surface area contributed by atoms with E-state index in [1.54, 1.807) is 18.2 Å². The monoisotopic (exact) mass is 377 g/mol. The van der Waals surface area contributed by atoms with Crippen molar-refractivity contribution in [3.63, 3.8) is 0 Å². The molecule has 0 aromatic heterocycles. The van der Waals surface area contributed by atoms with Crippen LogP contribution in [-0.4, -0.2) is 11.1 Å². The second kappa shape index (κ2) is 7.06. The second-order valence-corrected chi connectivity index (χ2v) is 5.29. The summed E-state index contributed by atoms with van der Waals surface area (Å²) in [6.45, 7) is 0. The normalized spacial score (nSPS) is 11.7. The van der Waals surface area contributed by atoms with Gasteiger partial charge in [-0.05, 0) is 18.2 Å². The largest absolute Gasteiger partial charge is 0.416 e. The van der Waals surface area contributed by atoms with Crippen LogP contribution in [0.15, 0.2) is 41.5 Å². The molecule has 0 atom stereocenters. The molecule has 0 bridgehead atoms. The van der Waals surface area contributed by atoms with Gasteiger partial charge in [0.25, 0.3) is 5.69 Å². The summed E-state index contributed by atoms with van der Waals surface area (Å²) in [6.07, 6.45) is -3.43. The fourth-order valence-corrected chi connectivity index (χ4v) is 2.10.